The summed E-state index contributed by atoms with van der Waals surface area (Å²) in [5.41, 5.74) is 5.92. The van der Waals surface area contributed by atoms with Crippen molar-refractivity contribution in [3.63, 3.8) is 0 Å². The first-order valence-electron chi connectivity index (χ1n) is 5.54. The molecule has 0 aliphatic rings. The molecule has 17 heavy (non-hydrogen) atoms. The molecule has 92 valence electrons. The van der Waals surface area contributed by atoms with Crippen LogP contribution in [-0.2, 0) is 0 Å². The van der Waals surface area contributed by atoms with Gasteiger partial charge in [-0.1, -0.05) is 13.0 Å². The van der Waals surface area contributed by atoms with E-state index < -0.39 is 5.91 Å². The van der Waals surface area contributed by atoms with Crippen molar-refractivity contribution in [2.45, 2.75) is 6.92 Å². The van der Waals surface area contributed by atoms with E-state index in [4.69, 9.17) is 5.73 Å². The number of rotatable bonds is 6. The first kappa shape index (κ1) is 13.2. The lowest BCUT2D eigenvalue weighted by Gasteiger charge is -2.06. The van der Waals surface area contributed by atoms with Crippen LogP contribution in [0.4, 0.5) is 0 Å². The summed E-state index contributed by atoms with van der Waals surface area (Å²) >= 11 is 0. The number of nitrogens with two attached hydrogens (primary N) is 1. The van der Waals surface area contributed by atoms with Gasteiger partial charge in [-0.25, -0.2) is 0 Å². The Morgan fingerprint density at radius 2 is 1.94 bits per heavy atom. The largest absolute Gasteiger partial charge is 0.366 e. The summed E-state index contributed by atoms with van der Waals surface area (Å²) in [6.45, 7) is 4.14. The molecule has 5 nitrogen and oxygen atoms in total. The topological polar surface area (TPSA) is 84.2 Å². The van der Waals surface area contributed by atoms with Crippen LogP contribution in [0.2, 0.25) is 0 Å². The van der Waals surface area contributed by atoms with Gasteiger partial charge in [-0.3, -0.25) is 9.59 Å². The van der Waals surface area contributed by atoms with Gasteiger partial charge in [0.05, 0.1) is 0 Å². The van der Waals surface area contributed by atoms with Crippen LogP contribution in [-0.4, -0.2) is 31.4 Å². The van der Waals surface area contributed by atoms with Crippen molar-refractivity contribution >= 4 is 11.8 Å². The maximum Gasteiger partial charge on any atom is 0.251 e. The van der Waals surface area contributed by atoms with Crippen molar-refractivity contribution in [1.29, 1.82) is 0 Å². The molecule has 0 fully saturated rings. The van der Waals surface area contributed by atoms with E-state index in [-0.39, 0.29) is 5.91 Å². The van der Waals surface area contributed by atoms with Gasteiger partial charge >= 0.3 is 0 Å². The lowest BCUT2D eigenvalue weighted by molar-refractivity contribution is 0.0954. The number of amides is 2. The molecule has 0 heterocycles. The highest BCUT2D eigenvalue weighted by molar-refractivity contribution is 5.99. The molecule has 0 aromatic heterocycles. The van der Waals surface area contributed by atoms with Crippen molar-refractivity contribution in [3.8, 4) is 0 Å². The van der Waals surface area contributed by atoms with Crippen LogP contribution in [0, 0.1) is 0 Å². The summed E-state index contributed by atoms with van der Waals surface area (Å²) in [4.78, 5) is 22.6. The standard InChI is InChI=1S/C12H17N3O2/c1-2-14-6-7-15-12(17)10-5-3-4-9(8-10)11(13)16/h3-5,8,14H,2,6-7H2,1H3,(H2,13,16)(H,15,17). The van der Waals surface area contributed by atoms with Crippen molar-refractivity contribution in [1.82, 2.24) is 10.6 Å². The molecule has 0 spiro atoms. The maximum atomic E-state index is 11.7. The molecule has 0 aliphatic heterocycles. The highest BCUT2D eigenvalue weighted by Crippen LogP contribution is 2.04. The second kappa shape index (κ2) is 6.65. The molecule has 1 aromatic rings. The minimum atomic E-state index is -0.535. The zero-order valence-electron chi connectivity index (χ0n) is 9.82. The highest BCUT2D eigenvalue weighted by atomic mass is 16.2. The molecule has 5 heteroatoms. The summed E-state index contributed by atoms with van der Waals surface area (Å²) in [5.74, 6) is -0.738. The predicted molar refractivity (Wildman–Crippen MR) is 65.8 cm³/mol. The van der Waals surface area contributed by atoms with Crippen molar-refractivity contribution in [2.75, 3.05) is 19.6 Å². The number of hydrogen-bond donors (Lipinski definition) is 3. The molecule has 2 amide bonds. The minimum absolute atomic E-state index is 0.203. The molecule has 1 aromatic carbocycles. The fraction of sp³-hybridized carbons (Fsp3) is 0.333. The van der Waals surface area contributed by atoms with Gasteiger partial charge in [-0.2, -0.15) is 0 Å². The Morgan fingerprint density at radius 1 is 1.24 bits per heavy atom. The van der Waals surface area contributed by atoms with Crippen LogP contribution in [0.3, 0.4) is 0 Å². The first-order chi connectivity index (χ1) is 8.15. The summed E-state index contributed by atoms with van der Waals surface area (Å²) in [7, 11) is 0. The summed E-state index contributed by atoms with van der Waals surface area (Å²) in [6.07, 6.45) is 0. The average molecular weight is 235 g/mol. The minimum Gasteiger partial charge on any atom is -0.366 e. The smallest absolute Gasteiger partial charge is 0.251 e. The summed E-state index contributed by atoms with van der Waals surface area (Å²) in [5, 5.41) is 5.84. The number of primary amides is 1. The molecule has 0 saturated carbocycles. The zero-order valence-corrected chi connectivity index (χ0v) is 9.82. The van der Waals surface area contributed by atoms with Gasteiger partial charge in [-0.15, -0.1) is 0 Å². The fourth-order valence-corrected chi connectivity index (χ4v) is 1.36. The van der Waals surface area contributed by atoms with Gasteiger partial charge < -0.3 is 16.4 Å². The van der Waals surface area contributed by atoms with E-state index >= 15 is 0 Å². The van der Waals surface area contributed by atoms with E-state index in [9.17, 15) is 9.59 Å². The van der Waals surface area contributed by atoms with E-state index in [1.54, 1.807) is 18.2 Å². The van der Waals surface area contributed by atoms with Gasteiger partial charge in [0.1, 0.15) is 0 Å². The van der Waals surface area contributed by atoms with Gasteiger partial charge in [0, 0.05) is 24.2 Å². The Kier molecular flexibility index (Phi) is 5.16. The van der Waals surface area contributed by atoms with Gasteiger partial charge in [-0.05, 0) is 24.7 Å². The Labute approximate surface area is 100 Å². The van der Waals surface area contributed by atoms with Crippen LogP contribution >= 0.6 is 0 Å². The molecule has 0 saturated heterocycles. The van der Waals surface area contributed by atoms with E-state index in [1.807, 2.05) is 6.92 Å². The molecule has 0 aliphatic carbocycles. The van der Waals surface area contributed by atoms with Crippen molar-refractivity contribution < 1.29 is 9.59 Å². The predicted octanol–water partition coefficient (Wildman–Crippen LogP) is 0.125. The van der Waals surface area contributed by atoms with Crippen LogP contribution in [0.1, 0.15) is 27.6 Å². The zero-order chi connectivity index (χ0) is 12.7. The SMILES string of the molecule is CCNCCNC(=O)c1cccc(C(N)=O)c1. The Morgan fingerprint density at radius 3 is 2.59 bits per heavy atom. The van der Waals surface area contributed by atoms with Crippen molar-refractivity contribution in [2.24, 2.45) is 5.73 Å². The molecule has 1 rings (SSSR count). The van der Waals surface area contributed by atoms with Crippen LogP contribution in [0.5, 0.6) is 0 Å². The van der Waals surface area contributed by atoms with Crippen LogP contribution in [0.25, 0.3) is 0 Å². The van der Waals surface area contributed by atoms with Gasteiger partial charge in [0.25, 0.3) is 5.91 Å². The summed E-state index contributed by atoms with van der Waals surface area (Å²) < 4.78 is 0. The fourth-order valence-electron chi connectivity index (χ4n) is 1.36. The normalized spacial score (nSPS) is 9.94. The van der Waals surface area contributed by atoms with Crippen molar-refractivity contribution in [3.05, 3.63) is 35.4 Å². The Bertz CT molecular complexity index is 404. The lowest BCUT2D eigenvalue weighted by atomic mass is 10.1. The molecular weight excluding hydrogens is 218 g/mol. The number of carbonyl (C=O) groups is 2. The van der Waals surface area contributed by atoms with E-state index in [0.29, 0.717) is 17.7 Å². The van der Waals surface area contributed by atoms with Crippen LogP contribution in [0.15, 0.2) is 24.3 Å². The lowest BCUT2D eigenvalue weighted by Crippen LogP contribution is -2.31. The number of hydrogen-bond acceptors (Lipinski definition) is 3. The van der Waals surface area contributed by atoms with E-state index in [2.05, 4.69) is 10.6 Å². The van der Waals surface area contributed by atoms with Gasteiger partial charge in [0.15, 0.2) is 0 Å². The third-order valence-electron chi connectivity index (χ3n) is 2.25. The van der Waals surface area contributed by atoms with Gasteiger partial charge in [0.2, 0.25) is 5.91 Å². The monoisotopic (exact) mass is 235 g/mol. The quantitative estimate of drug-likeness (QED) is 0.612. The number of likely N-dealkylation sites (N-methyl/N-ethyl adjacent to an activating group) is 1. The Hall–Kier alpha value is -1.88. The summed E-state index contributed by atoms with van der Waals surface area (Å²) in [6, 6.07) is 6.36. The first-order valence-corrected chi connectivity index (χ1v) is 5.54. The molecule has 0 bridgehead atoms. The third kappa shape index (κ3) is 4.24. The number of carbonyl (C=O) groups excluding carboxylic acids is 2. The molecular formula is C12H17N3O2. The molecule has 0 atom stereocenters. The Balaban J connectivity index is 2.56. The second-order valence-electron chi connectivity index (χ2n) is 3.55. The second-order valence-corrected chi connectivity index (χ2v) is 3.55. The number of nitrogens with one attached hydrogen (secondary N) is 2. The van der Waals surface area contributed by atoms with Crippen LogP contribution < -0.4 is 16.4 Å². The molecule has 4 N–H and O–H groups in total. The maximum absolute atomic E-state index is 11.7. The molecule has 0 radical (unpaired) electrons. The van der Waals surface area contributed by atoms with E-state index in [0.717, 1.165) is 13.1 Å². The number of benzene rings is 1. The third-order valence-corrected chi connectivity index (χ3v) is 2.25. The highest BCUT2D eigenvalue weighted by Gasteiger charge is 2.07. The van der Waals surface area contributed by atoms with E-state index in [1.165, 1.54) is 6.07 Å². The molecule has 0 unspecified atom stereocenters. The average Bonchev–Trinajstić information content (AvgIpc) is 2.34.